The molecule has 1 nitrogen and oxygen atoms in total. The van der Waals surface area contributed by atoms with Gasteiger partial charge in [0.15, 0.2) is 0 Å². The number of benzene rings is 4. The molecule has 0 amide bonds. The Morgan fingerprint density at radius 3 is 1.56 bits per heavy atom. The van der Waals surface area contributed by atoms with Crippen LogP contribution in [0, 0.1) is 0 Å². The molecule has 1 heterocycles. The summed E-state index contributed by atoms with van der Waals surface area (Å²) in [5, 5.41) is -0.649. The Hall–Kier alpha value is -3.32. The number of aromatic nitrogens is 1. The molecule has 0 bridgehead atoms. The van der Waals surface area contributed by atoms with Crippen molar-refractivity contribution in [3.05, 3.63) is 103 Å². The monoisotopic (exact) mass is 336 g/mol. The third kappa shape index (κ3) is 2.25. The van der Waals surface area contributed by atoms with Gasteiger partial charge in [-0.15, -0.1) is 0 Å². The highest BCUT2D eigenvalue weighted by Crippen LogP contribution is 2.32. The molecule has 1 aromatic heterocycles. The molecule has 4 aromatic carbocycles. The van der Waals surface area contributed by atoms with Crippen LogP contribution in [0.4, 0.5) is 0 Å². The van der Waals surface area contributed by atoms with Gasteiger partial charge in [0.05, 0.1) is 34.3 Å². The van der Waals surface area contributed by atoms with Gasteiger partial charge >= 0.3 is 0 Å². The fourth-order valence-electron chi connectivity index (χ4n) is 2.56. The normalized spacial score (nSPS) is 20.7. The van der Waals surface area contributed by atoms with Crippen molar-refractivity contribution in [1.82, 2.24) is 4.57 Å². The minimum absolute atomic E-state index is 0.324. The molecule has 0 spiro atoms. The Bertz CT molecular complexity index is 1920. The van der Waals surface area contributed by atoms with Crippen LogP contribution in [0.3, 0.4) is 0 Å². The third-order valence-electron chi connectivity index (χ3n) is 3.62. The highest BCUT2D eigenvalue weighted by Gasteiger charge is 2.11. The molecule has 0 N–H and O–H groups in total. The summed E-state index contributed by atoms with van der Waals surface area (Å²) in [6.07, 6.45) is 0. The maximum absolute atomic E-state index is 8.83. The zero-order valence-corrected chi connectivity index (χ0v) is 12.4. The predicted molar refractivity (Wildman–Crippen MR) is 106 cm³/mol. The number of hydrogen-bond acceptors (Lipinski definition) is 0. The first-order chi connectivity index (χ1) is 19.5. The second kappa shape index (κ2) is 5.64. The van der Waals surface area contributed by atoms with Gasteiger partial charge in [-0.05, 0) is 35.3 Å². The van der Waals surface area contributed by atoms with Gasteiger partial charge in [-0.3, -0.25) is 0 Å². The predicted octanol–water partition coefficient (Wildman–Crippen LogP) is 6.45. The average molecular weight is 337 g/mol. The molecule has 0 radical (unpaired) electrons. The molecule has 0 aliphatic rings. The minimum Gasteiger partial charge on any atom is -0.309 e. The number of rotatable bonds is 2. The van der Waals surface area contributed by atoms with Gasteiger partial charge in [-0.2, -0.15) is 0 Å². The first-order valence-corrected chi connectivity index (χ1v) is 7.17. The van der Waals surface area contributed by atoms with E-state index in [1.807, 2.05) is 0 Å². The van der Waals surface area contributed by atoms with Crippen molar-refractivity contribution in [2.24, 2.45) is 0 Å². The van der Waals surface area contributed by atoms with E-state index in [0.29, 0.717) is 0 Å². The summed E-state index contributed by atoms with van der Waals surface area (Å²) >= 11 is 0. The van der Waals surface area contributed by atoms with E-state index in [2.05, 4.69) is 0 Å². The smallest absolute Gasteiger partial charge is 0.0645 e. The largest absolute Gasteiger partial charge is 0.309 e. The summed E-state index contributed by atoms with van der Waals surface area (Å²) in [6.45, 7) is 0. The summed E-state index contributed by atoms with van der Waals surface area (Å²) in [7, 11) is 0. The summed E-state index contributed by atoms with van der Waals surface area (Å²) in [5.41, 5.74) is -2.67. The summed E-state index contributed by atoms with van der Waals surface area (Å²) in [4.78, 5) is 0. The average Bonchev–Trinajstić information content (AvgIpc) is 3.31. The molecule has 0 atom stereocenters. The molecule has 0 aliphatic heterocycles. The van der Waals surface area contributed by atoms with E-state index >= 15 is 0 Å². The molecule has 0 fully saturated rings. The molecule has 0 unspecified atom stereocenters. The van der Waals surface area contributed by atoms with Gasteiger partial charge in [-0.25, -0.2) is 0 Å². The van der Waals surface area contributed by atoms with Gasteiger partial charge in [-0.1, -0.05) is 78.6 Å². The van der Waals surface area contributed by atoms with Crippen LogP contribution in [-0.2, 0) is 0 Å². The standard InChI is InChI=1S/C24H17N/c1-2-8-18(9-3-1)19-14-16-20(17-15-19)25-23-12-6-4-10-21(23)22-11-5-7-13-24(22)25/h1-17H/i1D,2D,3D,4D,5D,6D,7D,8D,9D,10D,11D,12D,13D,14D,15D,16D,17D. The molecule has 118 valence electrons. The number of hydrogen-bond donors (Lipinski definition) is 0. The van der Waals surface area contributed by atoms with Crippen molar-refractivity contribution in [2.75, 3.05) is 0 Å². The van der Waals surface area contributed by atoms with Gasteiger partial charge < -0.3 is 4.57 Å². The van der Waals surface area contributed by atoms with E-state index in [-0.39, 0.29) is 10.8 Å². The van der Waals surface area contributed by atoms with Crippen LogP contribution in [-0.4, -0.2) is 4.57 Å². The molecule has 5 rings (SSSR count). The Morgan fingerprint density at radius 2 is 0.960 bits per heavy atom. The van der Waals surface area contributed by atoms with Crippen LogP contribution in [0.1, 0.15) is 23.3 Å². The van der Waals surface area contributed by atoms with Crippen molar-refractivity contribution in [1.29, 1.82) is 0 Å². The van der Waals surface area contributed by atoms with Crippen molar-refractivity contribution in [2.45, 2.75) is 0 Å². The molecule has 0 aliphatic carbocycles. The zero-order chi connectivity index (χ0) is 31.4. The van der Waals surface area contributed by atoms with Crippen LogP contribution in [0.2, 0.25) is 0 Å². The van der Waals surface area contributed by atoms with Crippen LogP contribution in [0.5, 0.6) is 0 Å². The summed E-state index contributed by atoms with van der Waals surface area (Å²) < 4.78 is 143. The highest BCUT2D eigenvalue weighted by molar-refractivity contribution is 6.09. The second-order valence-corrected chi connectivity index (χ2v) is 5.01. The van der Waals surface area contributed by atoms with Crippen LogP contribution >= 0.6 is 0 Å². The molecule has 5 aromatic rings. The Morgan fingerprint density at radius 1 is 0.480 bits per heavy atom. The summed E-state index contributed by atoms with van der Waals surface area (Å²) in [6, 6.07) is -12.8. The SMILES string of the molecule is [2H]c1c([2H])c([2H])c(-c2c([2H])c([2H])c(-n3c4c([2H])c([2H])c([2H])c([2H])c4c4c([2H])c([2H])c([2H])c([2H])c43)c([2H])c2[2H])c([2H])c1[2H]. The summed E-state index contributed by atoms with van der Waals surface area (Å²) in [5.74, 6) is 0. The molecule has 0 saturated heterocycles. The van der Waals surface area contributed by atoms with E-state index in [9.17, 15) is 0 Å². The number of nitrogens with zero attached hydrogens (tertiary/aromatic N) is 1. The molecule has 25 heavy (non-hydrogen) atoms. The lowest BCUT2D eigenvalue weighted by atomic mass is 10.1. The van der Waals surface area contributed by atoms with Crippen LogP contribution in [0.15, 0.2) is 103 Å². The van der Waals surface area contributed by atoms with Crippen molar-refractivity contribution < 1.29 is 23.3 Å². The van der Waals surface area contributed by atoms with Crippen LogP contribution in [0.25, 0.3) is 38.6 Å². The van der Waals surface area contributed by atoms with Gasteiger partial charge in [0.2, 0.25) is 0 Å². The highest BCUT2D eigenvalue weighted by atomic mass is 15.0. The van der Waals surface area contributed by atoms with E-state index in [1.165, 1.54) is 0 Å². The fourth-order valence-corrected chi connectivity index (χ4v) is 2.56. The number of fused-ring (bicyclic) bond motifs is 3. The maximum atomic E-state index is 8.83. The fraction of sp³-hybridized carbons (Fsp3) is 0. The van der Waals surface area contributed by atoms with E-state index < -0.39 is 131 Å². The molecule has 0 saturated carbocycles. The van der Waals surface area contributed by atoms with Gasteiger partial charge in [0, 0.05) is 16.5 Å². The zero-order valence-electron chi connectivity index (χ0n) is 29.4. The molecule has 1 heteroatoms. The molecular formula is C24H17N. The lowest BCUT2D eigenvalue weighted by Crippen LogP contribution is -1.93. The first kappa shape index (κ1) is 5.09. The van der Waals surface area contributed by atoms with Crippen molar-refractivity contribution in [3.63, 3.8) is 0 Å². The quantitative estimate of drug-likeness (QED) is 0.349. The second-order valence-electron chi connectivity index (χ2n) is 5.01. The van der Waals surface area contributed by atoms with E-state index in [0.717, 1.165) is 4.57 Å². The lowest BCUT2D eigenvalue weighted by molar-refractivity contribution is 1.18. The topological polar surface area (TPSA) is 4.93 Å². The Kier molecular flexibility index (Phi) is 1.15. The molecular weight excluding hydrogens is 302 g/mol. The Balaban J connectivity index is 2.08. The number of para-hydroxylation sites is 2. The third-order valence-corrected chi connectivity index (χ3v) is 3.62. The Labute approximate surface area is 170 Å². The van der Waals surface area contributed by atoms with Crippen molar-refractivity contribution >= 4 is 21.8 Å². The van der Waals surface area contributed by atoms with Gasteiger partial charge in [0.25, 0.3) is 0 Å². The van der Waals surface area contributed by atoms with Gasteiger partial charge in [0.1, 0.15) is 0 Å². The minimum atomic E-state index is -0.851. The lowest BCUT2D eigenvalue weighted by Gasteiger charge is -2.09. The van der Waals surface area contributed by atoms with Crippen LogP contribution < -0.4 is 0 Å². The van der Waals surface area contributed by atoms with E-state index in [4.69, 9.17) is 23.3 Å². The van der Waals surface area contributed by atoms with E-state index in [1.54, 1.807) is 0 Å². The maximum Gasteiger partial charge on any atom is 0.0645 e. The van der Waals surface area contributed by atoms with Crippen molar-refractivity contribution in [3.8, 4) is 16.8 Å². The first-order valence-electron chi connectivity index (χ1n) is 15.7.